The second kappa shape index (κ2) is 9.28. The molecule has 3 aromatic rings. The third-order valence-corrected chi connectivity index (χ3v) is 7.25. The number of benzene rings is 1. The number of aromatic nitrogens is 2. The number of halogens is 2. The number of rotatable bonds is 6. The van der Waals surface area contributed by atoms with E-state index in [0.717, 1.165) is 15.8 Å². The van der Waals surface area contributed by atoms with Crippen molar-refractivity contribution in [2.45, 2.75) is 44.8 Å². The molecule has 1 N–H and O–H groups in total. The van der Waals surface area contributed by atoms with Crippen LogP contribution in [0.3, 0.4) is 0 Å². The van der Waals surface area contributed by atoms with Gasteiger partial charge in [0.05, 0.1) is 16.7 Å². The van der Waals surface area contributed by atoms with Crippen LogP contribution in [0, 0.1) is 0 Å². The molecule has 6 nitrogen and oxygen atoms in total. The summed E-state index contributed by atoms with van der Waals surface area (Å²) in [6.45, 7) is 5.39. The third kappa shape index (κ3) is 4.65. The topological polar surface area (TPSA) is 67.3 Å². The second-order valence-electron chi connectivity index (χ2n) is 7.75. The average Bonchev–Trinajstić information content (AvgIpc) is 3.22. The van der Waals surface area contributed by atoms with Crippen molar-refractivity contribution in [3.63, 3.8) is 0 Å². The van der Waals surface area contributed by atoms with Gasteiger partial charge in [-0.3, -0.25) is 10.1 Å². The Bertz CT molecular complexity index is 1090. The van der Waals surface area contributed by atoms with Gasteiger partial charge in [0.15, 0.2) is 0 Å². The van der Waals surface area contributed by atoms with Gasteiger partial charge in [-0.25, -0.2) is 9.97 Å². The van der Waals surface area contributed by atoms with Gasteiger partial charge < -0.3 is 9.64 Å². The van der Waals surface area contributed by atoms with Gasteiger partial charge in [0.25, 0.3) is 0 Å². The van der Waals surface area contributed by atoms with E-state index in [2.05, 4.69) is 22.1 Å². The Morgan fingerprint density at radius 1 is 1.35 bits per heavy atom. The molecule has 1 aromatic carbocycles. The average molecular weight is 479 g/mol. The van der Waals surface area contributed by atoms with Crippen LogP contribution in [-0.2, 0) is 16.1 Å². The quantitative estimate of drug-likeness (QED) is 0.498. The Morgan fingerprint density at radius 3 is 2.94 bits per heavy atom. The van der Waals surface area contributed by atoms with E-state index in [1.54, 1.807) is 17.4 Å². The van der Waals surface area contributed by atoms with E-state index in [9.17, 15) is 4.79 Å². The lowest BCUT2D eigenvalue weighted by Gasteiger charge is -2.44. The van der Waals surface area contributed by atoms with E-state index in [-0.39, 0.29) is 12.0 Å². The summed E-state index contributed by atoms with van der Waals surface area (Å²) in [6.07, 6.45) is 3.03. The Balaban J connectivity index is 1.53. The lowest BCUT2D eigenvalue weighted by molar-refractivity contribution is -0.152. The molecule has 2 aromatic heterocycles. The molecule has 1 aliphatic rings. The normalized spacial score (nSPS) is 21.4. The highest BCUT2D eigenvalue weighted by molar-refractivity contribution is 7.16. The highest BCUT2D eigenvalue weighted by atomic mass is 35.5. The zero-order valence-corrected chi connectivity index (χ0v) is 19.7. The summed E-state index contributed by atoms with van der Waals surface area (Å²) < 4.78 is 5.46. The third-order valence-electron chi connectivity index (χ3n) is 5.69. The van der Waals surface area contributed by atoms with E-state index < -0.39 is 5.54 Å². The predicted octanol–water partition coefficient (Wildman–Crippen LogP) is 5.08. The van der Waals surface area contributed by atoms with Crippen LogP contribution in [0.4, 0.5) is 5.95 Å². The fourth-order valence-corrected chi connectivity index (χ4v) is 5.09. The number of anilines is 1. The molecule has 164 valence electrons. The Kier molecular flexibility index (Phi) is 6.67. The summed E-state index contributed by atoms with van der Waals surface area (Å²) in [5.41, 5.74) is 0.171. The van der Waals surface area contributed by atoms with Gasteiger partial charge in [0.1, 0.15) is 10.4 Å². The van der Waals surface area contributed by atoms with Crippen molar-refractivity contribution in [3.8, 4) is 0 Å². The summed E-state index contributed by atoms with van der Waals surface area (Å²) in [4.78, 5) is 25.4. The van der Waals surface area contributed by atoms with Crippen LogP contribution in [-0.4, -0.2) is 40.7 Å². The van der Waals surface area contributed by atoms with Gasteiger partial charge in [0, 0.05) is 30.7 Å². The lowest BCUT2D eigenvalue weighted by Crippen LogP contribution is -2.61. The second-order valence-corrected chi connectivity index (χ2v) is 9.46. The number of fused-ring (bicyclic) bond motifs is 1. The SMILES string of the molecule is CCOC(=O)C1(NCc2ccc(Cl)c(Cl)c2)CCN(c2ncc3ccsc3n2)C(C)C1. The molecule has 2 atom stereocenters. The summed E-state index contributed by atoms with van der Waals surface area (Å²) in [5, 5.41) is 7.53. The Labute approximate surface area is 195 Å². The van der Waals surface area contributed by atoms with Gasteiger partial charge in [0.2, 0.25) is 5.95 Å². The molecule has 1 fully saturated rings. The van der Waals surface area contributed by atoms with Gasteiger partial charge in [-0.05, 0) is 55.8 Å². The highest BCUT2D eigenvalue weighted by Gasteiger charge is 2.45. The van der Waals surface area contributed by atoms with Gasteiger partial charge >= 0.3 is 5.97 Å². The molecular formula is C22H24Cl2N4O2S. The molecular weight excluding hydrogens is 455 g/mol. The smallest absolute Gasteiger partial charge is 0.326 e. The number of carbonyl (C=O) groups is 1. The number of nitrogens with zero attached hydrogens (tertiary/aromatic N) is 3. The van der Waals surface area contributed by atoms with Crippen LogP contribution >= 0.6 is 34.5 Å². The maximum Gasteiger partial charge on any atom is 0.326 e. The standard InChI is InChI=1S/C22H24Cl2N4O2S/c1-3-30-20(29)22(26-12-15-4-5-17(23)18(24)10-15)7-8-28(14(2)11-22)21-25-13-16-6-9-31-19(16)27-21/h4-6,9-10,13-14,26H,3,7-8,11-12H2,1-2H3. The van der Waals surface area contributed by atoms with Crippen molar-refractivity contribution in [3.05, 3.63) is 51.5 Å². The molecule has 2 unspecified atom stereocenters. The minimum atomic E-state index is -0.787. The minimum Gasteiger partial charge on any atom is -0.465 e. The van der Waals surface area contributed by atoms with Crippen LogP contribution in [0.15, 0.2) is 35.8 Å². The maximum atomic E-state index is 13.0. The number of nitrogens with one attached hydrogen (secondary N) is 1. The molecule has 1 saturated heterocycles. The summed E-state index contributed by atoms with van der Waals surface area (Å²) in [7, 11) is 0. The lowest BCUT2D eigenvalue weighted by atomic mass is 9.83. The Hall–Kier alpha value is -1.93. The van der Waals surface area contributed by atoms with Crippen molar-refractivity contribution in [1.29, 1.82) is 0 Å². The fraction of sp³-hybridized carbons (Fsp3) is 0.409. The van der Waals surface area contributed by atoms with Crippen LogP contribution in [0.2, 0.25) is 10.0 Å². The van der Waals surface area contributed by atoms with E-state index in [1.165, 1.54) is 0 Å². The fourth-order valence-electron chi connectivity index (χ4n) is 4.04. The van der Waals surface area contributed by atoms with Gasteiger partial charge in [-0.2, -0.15) is 0 Å². The molecule has 0 radical (unpaired) electrons. The molecule has 0 saturated carbocycles. The molecule has 4 rings (SSSR count). The first-order valence-corrected chi connectivity index (χ1v) is 11.9. The molecule has 3 heterocycles. The number of hydrogen-bond donors (Lipinski definition) is 1. The number of carbonyl (C=O) groups excluding carboxylic acids is 1. The monoisotopic (exact) mass is 478 g/mol. The molecule has 0 bridgehead atoms. The summed E-state index contributed by atoms with van der Waals surface area (Å²) in [5.74, 6) is 0.473. The van der Waals surface area contributed by atoms with Crippen molar-refractivity contribution < 1.29 is 9.53 Å². The minimum absolute atomic E-state index is 0.0527. The number of piperidine rings is 1. The zero-order valence-electron chi connectivity index (χ0n) is 17.4. The molecule has 1 aliphatic heterocycles. The number of esters is 1. The van der Waals surface area contributed by atoms with E-state index in [4.69, 9.17) is 32.9 Å². The zero-order chi connectivity index (χ0) is 22.0. The van der Waals surface area contributed by atoms with Crippen molar-refractivity contribution >= 4 is 56.7 Å². The number of thiophene rings is 1. The maximum absolute atomic E-state index is 13.0. The predicted molar refractivity (Wildman–Crippen MR) is 126 cm³/mol. The molecule has 31 heavy (non-hydrogen) atoms. The van der Waals surface area contributed by atoms with E-state index in [0.29, 0.717) is 48.5 Å². The van der Waals surface area contributed by atoms with Crippen LogP contribution in [0.1, 0.15) is 32.3 Å². The highest BCUT2D eigenvalue weighted by Crippen LogP contribution is 2.32. The first-order valence-electron chi connectivity index (χ1n) is 10.2. The van der Waals surface area contributed by atoms with Crippen molar-refractivity contribution in [1.82, 2.24) is 15.3 Å². The Morgan fingerprint density at radius 2 is 2.19 bits per heavy atom. The largest absolute Gasteiger partial charge is 0.465 e. The van der Waals surface area contributed by atoms with Crippen LogP contribution in [0.25, 0.3) is 10.2 Å². The first-order chi connectivity index (χ1) is 14.9. The number of ether oxygens (including phenoxy) is 1. The van der Waals surface area contributed by atoms with Crippen LogP contribution in [0.5, 0.6) is 0 Å². The molecule has 0 spiro atoms. The first kappa shape index (κ1) is 22.3. The number of hydrogen-bond acceptors (Lipinski definition) is 7. The van der Waals surface area contributed by atoms with Crippen LogP contribution < -0.4 is 10.2 Å². The molecule has 0 aliphatic carbocycles. The summed E-state index contributed by atoms with van der Waals surface area (Å²) >= 11 is 13.8. The van der Waals surface area contributed by atoms with Gasteiger partial charge in [-0.1, -0.05) is 29.3 Å². The van der Waals surface area contributed by atoms with Crippen molar-refractivity contribution in [2.75, 3.05) is 18.1 Å². The van der Waals surface area contributed by atoms with E-state index in [1.807, 2.05) is 36.7 Å². The van der Waals surface area contributed by atoms with Crippen molar-refractivity contribution in [2.24, 2.45) is 0 Å². The summed E-state index contributed by atoms with van der Waals surface area (Å²) in [6, 6.07) is 7.56. The molecule has 0 amide bonds. The molecule has 9 heteroatoms. The van der Waals surface area contributed by atoms with Gasteiger partial charge in [-0.15, -0.1) is 11.3 Å². The van der Waals surface area contributed by atoms with E-state index >= 15 is 0 Å².